The van der Waals surface area contributed by atoms with E-state index in [1.165, 1.54) is 16.9 Å². The summed E-state index contributed by atoms with van der Waals surface area (Å²) in [6.07, 6.45) is 0.862. The molecule has 0 amide bonds. The van der Waals surface area contributed by atoms with Gasteiger partial charge in [0.2, 0.25) is 5.43 Å². The molecule has 7 nitrogen and oxygen atoms in total. The van der Waals surface area contributed by atoms with E-state index in [-0.39, 0.29) is 23.9 Å². The maximum absolute atomic E-state index is 12.4. The Kier molecular flexibility index (Phi) is 3.76. The van der Waals surface area contributed by atoms with Crippen molar-refractivity contribution in [2.24, 2.45) is 0 Å². The fraction of sp³-hybridized carbons (Fsp3) is 0.125. The normalized spacial score (nSPS) is 12.3. The lowest BCUT2D eigenvalue weighted by Crippen LogP contribution is -2.34. The minimum Gasteiger partial charge on any atom is -0.510 e. The molecule has 7 heteroatoms. The van der Waals surface area contributed by atoms with Gasteiger partial charge in [0.25, 0.3) is 0 Å². The summed E-state index contributed by atoms with van der Waals surface area (Å²) < 4.78 is 1.25. The van der Waals surface area contributed by atoms with Crippen LogP contribution in [0.4, 0.5) is 0 Å². The zero-order chi connectivity index (χ0) is 16.4. The van der Waals surface area contributed by atoms with Gasteiger partial charge in [0.15, 0.2) is 11.0 Å². The fourth-order valence-corrected chi connectivity index (χ4v) is 2.40. The van der Waals surface area contributed by atoms with Crippen LogP contribution >= 0.6 is 0 Å². The van der Waals surface area contributed by atoms with Crippen molar-refractivity contribution in [3.05, 3.63) is 58.3 Å². The van der Waals surface area contributed by atoms with Gasteiger partial charge < -0.3 is 10.2 Å². The molecule has 0 saturated heterocycles. The number of hydrogen-bond donors (Lipinski definition) is 2. The van der Waals surface area contributed by atoms with Gasteiger partial charge in [0.1, 0.15) is 12.1 Å². The number of pyridine rings is 1. The van der Waals surface area contributed by atoms with Gasteiger partial charge in [-0.15, -0.1) is 0 Å². The number of fused-ring (bicyclic) bond motifs is 1. The first kappa shape index (κ1) is 14.7. The molecule has 0 radical (unpaired) electrons. The van der Waals surface area contributed by atoms with E-state index in [1.54, 1.807) is 0 Å². The lowest BCUT2D eigenvalue weighted by molar-refractivity contribution is -0.136. The van der Waals surface area contributed by atoms with Crippen LogP contribution in [0.5, 0.6) is 0 Å². The largest absolute Gasteiger partial charge is 0.510 e. The Hall–Kier alpha value is -3.22. The Morgan fingerprint density at radius 3 is 2.57 bits per heavy atom. The average Bonchev–Trinajstić information content (AvgIpc) is 3.01. The van der Waals surface area contributed by atoms with Crippen molar-refractivity contribution < 1.29 is 15.0 Å². The van der Waals surface area contributed by atoms with E-state index in [9.17, 15) is 14.7 Å². The lowest BCUT2D eigenvalue weighted by Gasteiger charge is -2.04. The molecule has 0 unspecified atom stereocenters. The smallest absolute Gasteiger partial charge is 0.303 e. The number of aliphatic hydroxyl groups excluding tert-OH is 1. The summed E-state index contributed by atoms with van der Waals surface area (Å²) >= 11 is 0. The molecule has 0 atom stereocenters. The molecular formula is C16H13N3O4. The van der Waals surface area contributed by atoms with Crippen molar-refractivity contribution >= 4 is 17.4 Å². The van der Waals surface area contributed by atoms with Crippen molar-refractivity contribution in [3.8, 4) is 11.1 Å². The predicted octanol–water partition coefficient (Wildman–Crippen LogP) is 1.01. The van der Waals surface area contributed by atoms with Gasteiger partial charge in [-0.1, -0.05) is 30.3 Å². The van der Waals surface area contributed by atoms with Crippen LogP contribution < -0.4 is 10.8 Å². The first-order valence-electron chi connectivity index (χ1n) is 6.94. The summed E-state index contributed by atoms with van der Waals surface area (Å²) in [4.78, 5) is 27.2. The molecule has 116 valence electrons. The summed E-state index contributed by atoms with van der Waals surface area (Å²) in [7, 11) is 0. The second-order valence-electron chi connectivity index (χ2n) is 4.97. The Morgan fingerprint density at radius 1 is 1.13 bits per heavy atom. The van der Waals surface area contributed by atoms with Crippen LogP contribution in [0.3, 0.4) is 0 Å². The highest BCUT2D eigenvalue weighted by Crippen LogP contribution is 2.20. The number of aromatic nitrogens is 3. The van der Waals surface area contributed by atoms with Crippen LogP contribution in [-0.4, -0.2) is 30.8 Å². The van der Waals surface area contributed by atoms with Crippen molar-refractivity contribution in [2.75, 3.05) is 0 Å². The quantitative estimate of drug-likeness (QED) is 0.745. The number of rotatable bonds is 4. The van der Waals surface area contributed by atoms with Crippen LogP contribution in [0.15, 0.2) is 47.5 Å². The number of nitrogens with zero attached hydrogens (tertiary/aromatic N) is 3. The number of carboxylic acids is 1. The fourth-order valence-electron chi connectivity index (χ4n) is 2.40. The number of aliphatic hydroxyl groups is 1. The van der Waals surface area contributed by atoms with E-state index in [4.69, 9.17) is 5.11 Å². The summed E-state index contributed by atoms with van der Waals surface area (Å²) in [6, 6.07) is 10.6. The molecule has 0 aliphatic heterocycles. The van der Waals surface area contributed by atoms with Crippen LogP contribution in [0, 0.1) is 0 Å². The maximum atomic E-state index is 12.4. The van der Waals surface area contributed by atoms with E-state index >= 15 is 0 Å². The average molecular weight is 311 g/mol. The van der Waals surface area contributed by atoms with Gasteiger partial charge in [0, 0.05) is 12.0 Å². The zero-order valence-electron chi connectivity index (χ0n) is 12.0. The van der Waals surface area contributed by atoms with Crippen LogP contribution in [0.25, 0.3) is 22.5 Å². The van der Waals surface area contributed by atoms with Gasteiger partial charge in [-0.2, -0.15) is 5.10 Å². The number of aliphatic carboxylic acids is 1. The highest BCUT2D eigenvalue weighted by atomic mass is 16.4. The second kappa shape index (κ2) is 5.88. The van der Waals surface area contributed by atoms with Gasteiger partial charge in [-0.25, -0.2) is 9.50 Å². The van der Waals surface area contributed by atoms with Crippen LogP contribution in [0.2, 0.25) is 0 Å². The molecule has 0 fully saturated rings. The maximum Gasteiger partial charge on any atom is 0.303 e. The molecule has 0 bridgehead atoms. The Morgan fingerprint density at radius 2 is 1.87 bits per heavy atom. The summed E-state index contributed by atoms with van der Waals surface area (Å²) in [5, 5.41) is 22.7. The Labute approximate surface area is 130 Å². The van der Waals surface area contributed by atoms with Gasteiger partial charge in [0.05, 0.1) is 6.42 Å². The van der Waals surface area contributed by atoms with E-state index in [2.05, 4.69) is 10.1 Å². The minimum absolute atomic E-state index is 0.0570. The molecule has 2 heterocycles. The first-order valence-corrected chi connectivity index (χ1v) is 6.94. The molecule has 2 N–H and O–H groups in total. The highest BCUT2D eigenvalue weighted by Gasteiger charge is 2.13. The third-order valence-corrected chi connectivity index (χ3v) is 3.44. The zero-order valence-corrected chi connectivity index (χ0v) is 12.0. The molecule has 0 saturated carbocycles. The lowest BCUT2D eigenvalue weighted by atomic mass is 10.1. The number of carboxylic acid groups (broad SMARTS) is 1. The van der Waals surface area contributed by atoms with E-state index < -0.39 is 11.4 Å². The van der Waals surface area contributed by atoms with E-state index in [0.717, 1.165) is 5.56 Å². The SMILES string of the molecule is O=C(O)CCC(O)=c1c(=O)cc(-c2ccccc2)c2ncnn12. The van der Waals surface area contributed by atoms with E-state index in [1.807, 2.05) is 30.3 Å². The van der Waals surface area contributed by atoms with Crippen molar-refractivity contribution in [1.82, 2.24) is 14.6 Å². The van der Waals surface area contributed by atoms with Crippen molar-refractivity contribution in [1.29, 1.82) is 0 Å². The standard InChI is InChI=1S/C16H13N3O4/c20-12(6-7-14(22)23)15-13(21)8-11(10-4-2-1-3-5-10)16-17-9-18-19(15)16/h1-5,8-9,20H,6-7H2,(H,22,23). The Balaban J connectivity index is 2.26. The molecule has 1 aromatic carbocycles. The Bertz CT molecular complexity index is 980. The van der Waals surface area contributed by atoms with Gasteiger partial charge in [-0.3, -0.25) is 9.59 Å². The highest BCUT2D eigenvalue weighted by molar-refractivity contribution is 5.77. The summed E-state index contributed by atoms with van der Waals surface area (Å²) in [5.41, 5.74) is 1.39. The van der Waals surface area contributed by atoms with E-state index in [0.29, 0.717) is 11.2 Å². The topological polar surface area (TPSA) is 105 Å². The summed E-state index contributed by atoms with van der Waals surface area (Å²) in [5.74, 6) is -1.37. The predicted molar refractivity (Wildman–Crippen MR) is 82.8 cm³/mol. The molecule has 23 heavy (non-hydrogen) atoms. The van der Waals surface area contributed by atoms with Crippen molar-refractivity contribution in [3.63, 3.8) is 0 Å². The molecule has 0 aliphatic rings. The third-order valence-electron chi connectivity index (χ3n) is 3.44. The number of hydrogen-bond acceptors (Lipinski definition) is 5. The number of carbonyl (C=O) groups is 1. The molecule has 0 aliphatic carbocycles. The molecule has 2 aromatic heterocycles. The monoisotopic (exact) mass is 311 g/mol. The summed E-state index contributed by atoms with van der Waals surface area (Å²) in [6.45, 7) is 0. The molecule has 0 spiro atoms. The minimum atomic E-state index is -1.06. The number of benzene rings is 1. The van der Waals surface area contributed by atoms with Gasteiger partial charge in [-0.05, 0) is 11.6 Å². The molecular weight excluding hydrogens is 298 g/mol. The second-order valence-corrected chi connectivity index (χ2v) is 4.97. The van der Waals surface area contributed by atoms with Gasteiger partial charge >= 0.3 is 5.97 Å². The van der Waals surface area contributed by atoms with Crippen LogP contribution in [-0.2, 0) is 4.79 Å². The first-order chi connectivity index (χ1) is 11.1. The van der Waals surface area contributed by atoms with Crippen LogP contribution in [0.1, 0.15) is 12.8 Å². The van der Waals surface area contributed by atoms with Crippen molar-refractivity contribution in [2.45, 2.75) is 12.8 Å². The third kappa shape index (κ3) is 2.76. The molecule has 3 rings (SSSR count). The molecule has 3 aromatic rings.